The second-order valence-corrected chi connectivity index (χ2v) is 6.57. The average Bonchev–Trinajstić information content (AvgIpc) is 2.94. The van der Waals surface area contributed by atoms with E-state index in [9.17, 15) is 9.59 Å². The van der Waals surface area contributed by atoms with Crippen LogP contribution in [0.3, 0.4) is 0 Å². The van der Waals surface area contributed by atoms with Crippen LogP contribution in [-0.4, -0.2) is 27.8 Å². The van der Waals surface area contributed by atoms with Gasteiger partial charge in [0.05, 0.1) is 0 Å². The van der Waals surface area contributed by atoms with Crippen LogP contribution in [0.2, 0.25) is 0 Å². The molecule has 5 heteroatoms. The van der Waals surface area contributed by atoms with Gasteiger partial charge >= 0.3 is 0 Å². The predicted molar refractivity (Wildman–Crippen MR) is 80.4 cm³/mol. The standard InChI is InChI=1S/C15H22N2O2S/c1-5-14(3)13(19)17(9-11-7-8-20-10-11)15(4,6-2)12(18)16-14/h7-8,10H,5-6,9H2,1-4H3,(H,16,18). The molecule has 2 heterocycles. The van der Waals surface area contributed by atoms with Gasteiger partial charge in [-0.2, -0.15) is 11.3 Å². The van der Waals surface area contributed by atoms with Gasteiger partial charge in [-0.15, -0.1) is 0 Å². The molecule has 1 aliphatic heterocycles. The first-order chi connectivity index (χ1) is 9.37. The number of carbonyl (C=O) groups excluding carboxylic acids is 2. The lowest BCUT2D eigenvalue weighted by molar-refractivity contribution is -0.162. The Bertz CT molecular complexity index is 514. The number of amides is 2. The summed E-state index contributed by atoms with van der Waals surface area (Å²) in [5.41, 5.74) is -0.480. The van der Waals surface area contributed by atoms with Gasteiger partial charge in [-0.25, -0.2) is 0 Å². The molecule has 2 atom stereocenters. The lowest BCUT2D eigenvalue weighted by Gasteiger charge is -2.49. The summed E-state index contributed by atoms with van der Waals surface area (Å²) in [6.07, 6.45) is 1.20. The number of nitrogens with zero attached hydrogens (tertiary/aromatic N) is 1. The second-order valence-electron chi connectivity index (χ2n) is 5.79. The molecular formula is C15H22N2O2S. The minimum Gasteiger partial charge on any atom is -0.340 e. The Kier molecular flexibility index (Phi) is 3.91. The minimum atomic E-state index is -0.790. The van der Waals surface area contributed by atoms with Gasteiger partial charge in [-0.3, -0.25) is 9.59 Å². The summed E-state index contributed by atoms with van der Waals surface area (Å²) in [4.78, 5) is 27.1. The van der Waals surface area contributed by atoms with E-state index in [2.05, 4.69) is 5.32 Å². The number of hydrogen-bond acceptors (Lipinski definition) is 3. The van der Waals surface area contributed by atoms with E-state index in [1.54, 1.807) is 16.2 Å². The maximum absolute atomic E-state index is 12.8. The molecule has 0 spiro atoms. The van der Waals surface area contributed by atoms with E-state index in [1.807, 2.05) is 44.5 Å². The van der Waals surface area contributed by atoms with Crippen molar-refractivity contribution in [3.63, 3.8) is 0 Å². The molecular weight excluding hydrogens is 272 g/mol. The highest BCUT2D eigenvalue weighted by Gasteiger charge is 2.52. The third-order valence-electron chi connectivity index (χ3n) is 4.51. The Morgan fingerprint density at radius 2 is 1.95 bits per heavy atom. The molecule has 4 nitrogen and oxygen atoms in total. The van der Waals surface area contributed by atoms with Crippen molar-refractivity contribution >= 4 is 23.2 Å². The highest BCUT2D eigenvalue weighted by Crippen LogP contribution is 2.32. The van der Waals surface area contributed by atoms with E-state index in [-0.39, 0.29) is 11.8 Å². The fourth-order valence-electron chi connectivity index (χ4n) is 2.49. The predicted octanol–water partition coefficient (Wildman–Crippen LogP) is 2.54. The SMILES string of the molecule is CCC1(C)NC(=O)C(C)(CC)N(Cc2ccsc2)C1=O. The highest BCUT2D eigenvalue weighted by atomic mass is 32.1. The summed E-state index contributed by atoms with van der Waals surface area (Å²) in [6, 6.07) is 2.00. The Hall–Kier alpha value is -1.36. The van der Waals surface area contributed by atoms with Crippen LogP contribution in [0.5, 0.6) is 0 Å². The van der Waals surface area contributed by atoms with Gasteiger partial charge in [0.2, 0.25) is 11.8 Å². The molecule has 20 heavy (non-hydrogen) atoms. The van der Waals surface area contributed by atoms with Crippen LogP contribution in [0, 0.1) is 0 Å². The van der Waals surface area contributed by atoms with Crippen molar-refractivity contribution in [1.29, 1.82) is 0 Å². The van der Waals surface area contributed by atoms with Crippen molar-refractivity contribution in [3.05, 3.63) is 22.4 Å². The van der Waals surface area contributed by atoms with Gasteiger partial charge in [0.25, 0.3) is 0 Å². The molecule has 0 aromatic carbocycles. The topological polar surface area (TPSA) is 49.4 Å². The summed E-state index contributed by atoms with van der Waals surface area (Å²) in [5, 5.41) is 6.93. The van der Waals surface area contributed by atoms with Crippen LogP contribution >= 0.6 is 11.3 Å². The van der Waals surface area contributed by atoms with E-state index in [0.29, 0.717) is 19.4 Å². The van der Waals surface area contributed by atoms with E-state index in [0.717, 1.165) is 5.56 Å². The molecule has 0 saturated carbocycles. The number of nitrogens with one attached hydrogen (secondary N) is 1. The molecule has 110 valence electrons. The maximum Gasteiger partial charge on any atom is 0.249 e. The van der Waals surface area contributed by atoms with Crippen molar-refractivity contribution in [2.24, 2.45) is 0 Å². The first-order valence-corrected chi connectivity index (χ1v) is 7.97. The lowest BCUT2D eigenvalue weighted by Crippen LogP contribution is -2.73. The van der Waals surface area contributed by atoms with Crippen molar-refractivity contribution in [2.45, 2.75) is 58.2 Å². The van der Waals surface area contributed by atoms with Gasteiger partial charge in [0, 0.05) is 6.54 Å². The van der Waals surface area contributed by atoms with Crippen molar-refractivity contribution in [3.8, 4) is 0 Å². The Balaban J connectivity index is 2.39. The zero-order valence-corrected chi connectivity index (χ0v) is 13.3. The number of hydrogen-bond donors (Lipinski definition) is 1. The summed E-state index contributed by atoms with van der Waals surface area (Å²) in [7, 11) is 0. The van der Waals surface area contributed by atoms with E-state index >= 15 is 0 Å². The molecule has 1 aromatic rings. The molecule has 1 N–H and O–H groups in total. The second kappa shape index (κ2) is 5.20. The molecule has 2 amide bonds. The quantitative estimate of drug-likeness (QED) is 0.927. The Morgan fingerprint density at radius 1 is 1.25 bits per heavy atom. The van der Waals surface area contributed by atoms with E-state index < -0.39 is 11.1 Å². The summed E-state index contributed by atoms with van der Waals surface area (Å²) in [6.45, 7) is 8.03. The van der Waals surface area contributed by atoms with Gasteiger partial charge < -0.3 is 10.2 Å². The highest BCUT2D eigenvalue weighted by molar-refractivity contribution is 7.07. The van der Waals surface area contributed by atoms with Crippen molar-refractivity contribution in [2.75, 3.05) is 0 Å². The van der Waals surface area contributed by atoms with E-state index in [1.165, 1.54) is 0 Å². The van der Waals surface area contributed by atoms with Crippen LogP contribution in [0.1, 0.15) is 46.1 Å². The van der Waals surface area contributed by atoms with Crippen LogP contribution in [0.15, 0.2) is 16.8 Å². The third kappa shape index (κ3) is 2.24. The summed E-state index contributed by atoms with van der Waals surface area (Å²) >= 11 is 1.61. The molecule has 1 aliphatic rings. The fraction of sp³-hybridized carbons (Fsp3) is 0.600. The molecule has 1 fully saturated rings. The molecule has 0 bridgehead atoms. The Morgan fingerprint density at radius 3 is 2.45 bits per heavy atom. The average molecular weight is 294 g/mol. The largest absolute Gasteiger partial charge is 0.340 e. The third-order valence-corrected chi connectivity index (χ3v) is 5.24. The monoisotopic (exact) mass is 294 g/mol. The first-order valence-electron chi connectivity index (χ1n) is 7.03. The summed E-state index contributed by atoms with van der Waals surface area (Å²) < 4.78 is 0. The maximum atomic E-state index is 12.8. The van der Waals surface area contributed by atoms with Crippen LogP contribution < -0.4 is 5.32 Å². The van der Waals surface area contributed by atoms with Crippen LogP contribution in [0.25, 0.3) is 0 Å². The van der Waals surface area contributed by atoms with E-state index in [4.69, 9.17) is 0 Å². The van der Waals surface area contributed by atoms with Crippen molar-refractivity contribution in [1.82, 2.24) is 10.2 Å². The molecule has 0 aliphatic carbocycles. The normalized spacial score (nSPS) is 30.5. The van der Waals surface area contributed by atoms with Gasteiger partial charge in [0.1, 0.15) is 11.1 Å². The first kappa shape index (κ1) is 15.0. The molecule has 2 rings (SSSR count). The van der Waals surface area contributed by atoms with Crippen LogP contribution in [0.4, 0.5) is 0 Å². The Labute approximate surface area is 124 Å². The number of piperazine rings is 1. The molecule has 1 saturated heterocycles. The van der Waals surface area contributed by atoms with Gasteiger partial charge in [-0.1, -0.05) is 13.8 Å². The van der Waals surface area contributed by atoms with Crippen molar-refractivity contribution < 1.29 is 9.59 Å². The number of thiophene rings is 1. The van der Waals surface area contributed by atoms with Crippen LogP contribution in [-0.2, 0) is 16.1 Å². The molecule has 1 aromatic heterocycles. The van der Waals surface area contributed by atoms with Gasteiger partial charge in [0.15, 0.2) is 0 Å². The summed E-state index contributed by atoms with van der Waals surface area (Å²) in [5.74, 6) is -0.0469. The van der Waals surface area contributed by atoms with Gasteiger partial charge in [-0.05, 0) is 49.1 Å². The zero-order valence-electron chi connectivity index (χ0n) is 12.5. The minimum absolute atomic E-state index is 0.00940. The number of carbonyl (C=O) groups is 2. The number of rotatable bonds is 4. The zero-order chi connectivity index (χ0) is 15.0. The molecule has 2 unspecified atom stereocenters. The molecule has 0 radical (unpaired) electrons. The fourth-order valence-corrected chi connectivity index (χ4v) is 3.15. The smallest absolute Gasteiger partial charge is 0.249 e. The lowest BCUT2D eigenvalue weighted by atomic mass is 9.84.